The van der Waals surface area contributed by atoms with E-state index in [1.807, 2.05) is 18.2 Å². The molecule has 144 valence electrons. The summed E-state index contributed by atoms with van der Waals surface area (Å²) in [5, 5.41) is 8.05. The van der Waals surface area contributed by atoms with E-state index >= 15 is 0 Å². The molecule has 1 N–H and O–H groups in total. The quantitative estimate of drug-likeness (QED) is 0.886. The molecule has 2 aromatic rings. The number of nitrogens with one attached hydrogen (secondary N) is 1. The summed E-state index contributed by atoms with van der Waals surface area (Å²) in [6.07, 6.45) is 3.65. The number of amides is 1. The number of nitrogens with zero attached hydrogens (tertiary/aromatic N) is 3. The summed E-state index contributed by atoms with van der Waals surface area (Å²) in [6.45, 7) is 5.11. The first-order valence-electron chi connectivity index (χ1n) is 9.91. The number of ether oxygens (including phenoxy) is 1. The predicted molar refractivity (Wildman–Crippen MR) is 102 cm³/mol. The standard InChI is InChI=1S/C20H26N4O3/c1-26-15-6-9-24(11-15)14-2-3-16-18(10-14)27-22-19(16)20(25)21-17-12-23-7-4-13(17)5-8-23/h2-3,10,13,15,17H,4-9,11-12H2,1H3,(H,21,25)/t15?,17-/m1/s1. The third-order valence-electron chi connectivity index (χ3n) is 6.49. The Labute approximate surface area is 158 Å². The molecule has 6 rings (SSSR count). The third-order valence-corrected chi connectivity index (χ3v) is 6.49. The van der Waals surface area contributed by atoms with Crippen LogP contribution in [-0.4, -0.2) is 67.9 Å². The van der Waals surface area contributed by atoms with Crippen molar-refractivity contribution in [2.24, 2.45) is 5.92 Å². The average molecular weight is 370 g/mol. The van der Waals surface area contributed by atoms with Gasteiger partial charge in [-0.15, -0.1) is 0 Å². The van der Waals surface area contributed by atoms with Gasteiger partial charge in [0.2, 0.25) is 0 Å². The number of hydrogen-bond donors (Lipinski definition) is 1. The number of carbonyl (C=O) groups is 1. The van der Waals surface area contributed by atoms with Crippen molar-refractivity contribution in [1.82, 2.24) is 15.4 Å². The highest BCUT2D eigenvalue weighted by atomic mass is 16.5. The zero-order valence-corrected chi connectivity index (χ0v) is 15.7. The minimum Gasteiger partial charge on any atom is -0.380 e. The Balaban J connectivity index is 1.33. The van der Waals surface area contributed by atoms with Crippen molar-refractivity contribution in [3.63, 3.8) is 0 Å². The second-order valence-corrected chi connectivity index (χ2v) is 8.02. The van der Waals surface area contributed by atoms with E-state index < -0.39 is 0 Å². The number of aromatic nitrogens is 1. The Morgan fingerprint density at radius 3 is 2.78 bits per heavy atom. The van der Waals surface area contributed by atoms with Gasteiger partial charge in [0, 0.05) is 44.5 Å². The summed E-state index contributed by atoms with van der Waals surface area (Å²) >= 11 is 0. The molecule has 1 aromatic heterocycles. The van der Waals surface area contributed by atoms with Crippen molar-refractivity contribution < 1.29 is 14.1 Å². The first-order chi connectivity index (χ1) is 13.2. The van der Waals surface area contributed by atoms with Crippen molar-refractivity contribution in [3.05, 3.63) is 23.9 Å². The van der Waals surface area contributed by atoms with Gasteiger partial charge in [0.15, 0.2) is 11.3 Å². The van der Waals surface area contributed by atoms with Gasteiger partial charge in [-0.2, -0.15) is 0 Å². The molecule has 1 aromatic carbocycles. The van der Waals surface area contributed by atoms with Crippen LogP contribution in [0.3, 0.4) is 0 Å². The Morgan fingerprint density at radius 1 is 1.22 bits per heavy atom. The maximum atomic E-state index is 12.8. The molecule has 0 radical (unpaired) electrons. The lowest BCUT2D eigenvalue weighted by Crippen LogP contribution is -2.57. The maximum absolute atomic E-state index is 12.8. The summed E-state index contributed by atoms with van der Waals surface area (Å²) in [6, 6.07) is 6.20. The number of benzene rings is 1. The van der Waals surface area contributed by atoms with Gasteiger partial charge >= 0.3 is 0 Å². The van der Waals surface area contributed by atoms with Crippen LogP contribution in [0.5, 0.6) is 0 Å². The van der Waals surface area contributed by atoms with E-state index in [0.29, 0.717) is 17.2 Å². The fraction of sp³-hybridized carbons (Fsp3) is 0.600. The van der Waals surface area contributed by atoms with Crippen molar-refractivity contribution in [2.75, 3.05) is 44.7 Å². The number of anilines is 1. The normalized spacial score (nSPS) is 30.2. The van der Waals surface area contributed by atoms with Crippen LogP contribution in [0.2, 0.25) is 0 Å². The Hall–Kier alpha value is -2.12. The van der Waals surface area contributed by atoms with Crippen molar-refractivity contribution in [3.8, 4) is 0 Å². The number of methoxy groups -OCH3 is 1. The van der Waals surface area contributed by atoms with Gasteiger partial charge in [0.25, 0.3) is 5.91 Å². The van der Waals surface area contributed by atoms with Gasteiger partial charge in [-0.3, -0.25) is 4.79 Å². The Morgan fingerprint density at radius 2 is 2.07 bits per heavy atom. The van der Waals surface area contributed by atoms with Gasteiger partial charge < -0.3 is 24.4 Å². The predicted octanol–water partition coefficient (Wildman–Crippen LogP) is 1.88. The number of rotatable bonds is 4. The molecule has 0 aliphatic carbocycles. The first-order valence-corrected chi connectivity index (χ1v) is 9.91. The van der Waals surface area contributed by atoms with Crippen LogP contribution in [-0.2, 0) is 4.74 Å². The zero-order valence-electron chi connectivity index (χ0n) is 15.7. The second kappa shape index (κ2) is 6.80. The molecule has 4 aliphatic heterocycles. The molecule has 4 saturated heterocycles. The zero-order chi connectivity index (χ0) is 18.4. The highest BCUT2D eigenvalue weighted by Crippen LogP contribution is 2.30. The van der Waals surface area contributed by atoms with E-state index in [-0.39, 0.29) is 18.1 Å². The lowest BCUT2D eigenvalue weighted by molar-refractivity contribution is 0.0616. The van der Waals surface area contributed by atoms with Crippen LogP contribution in [0.1, 0.15) is 29.8 Å². The highest BCUT2D eigenvalue weighted by Gasteiger charge is 2.35. The van der Waals surface area contributed by atoms with E-state index in [2.05, 4.69) is 20.3 Å². The molecule has 1 unspecified atom stereocenters. The number of hydrogen-bond acceptors (Lipinski definition) is 6. The monoisotopic (exact) mass is 370 g/mol. The van der Waals surface area contributed by atoms with E-state index in [1.165, 1.54) is 12.8 Å². The lowest BCUT2D eigenvalue weighted by atomic mass is 9.84. The molecule has 0 saturated carbocycles. The van der Waals surface area contributed by atoms with Crippen LogP contribution >= 0.6 is 0 Å². The Kier molecular flexibility index (Phi) is 4.28. The largest absolute Gasteiger partial charge is 0.380 e. The van der Waals surface area contributed by atoms with E-state index in [9.17, 15) is 4.79 Å². The minimum atomic E-state index is -0.124. The number of fused-ring (bicyclic) bond motifs is 4. The molecule has 4 fully saturated rings. The van der Waals surface area contributed by atoms with Crippen molar-refractivity contribution in [1.29, 1.82) is 0 Å². The van der Waals surface area contributed by atoms with Crippen molar-refractivity contribution >= 4 is 22.6 Å². The molecule has 27 heavy (non-hydrogen) atoms. The minimum absolute atomic E-state index is 0.124. The van der Waals surface area contributed by atoms with Gasteiger partial charge in [-0.05, 0) is 50.4 Å². The van der Waals surface area contributed by atoms with Crippen LogP contribution in [0.4, 0.5) is 5.69 Å². The van der Waals surface area contributed by atoms with Crippen LogP contribution < -0.4 is 10.2 Å². The second-order valence-electron chi connectivity index (χ2n) is 8.02. The number of piperidine rings is 3. The van der Waals surface area contributed by atoms with Crippen LogP contribution in [0, 0.1) is 5.92 Å². The molecular formula is C20H26N4O3. The molecule has 0 spiro atoms. The summed E-state index contributed by atoms with van der Waals surface area (Å²) in [5.41, 5.74) is 2.14. The van der Waals surface area contributed by atoms with E-state index in [1.54, 1.807) is 7.11 Å². The highest BCUT2D eigenvalue weighted by molar-refractivity contribution is 6.04. The molecule has 7 heteroatoms. The van der Waals surface area contributed by atoms with E-state index in [4.69, 9.17) is 9.26 Å². The third kappa shape index (κ3) is 3.08. The SMILES string of the molecule is COC1CCN(c2ccc3c(C(=O)N[C@@H]4CN5CCC4CC5)noc3c2)C1. The number of carbonyl (C=O) groups excluding carboxylic acids is 1. The van der Waals surface area contributed by atoms with Gasteiger partial charge in [0.05, 0.1) is 11.5 Å². The first kappa shape index (κ1) is 17.0. The van der Waals surface area contributed by atoms with Crippen molar-refractivity contribution in [2.45, 2.75) is 31.4 Å². The molecule has 2 bridgehead atoms. The molecule has 7 nitrogen and oxygen atoms in total. The van der Waals surface area contributed by atoms with Gasteiger partial charge in [-0.25, -0.2) is 0 Å². The molecule has 4 aliphatic rings. The smallest absolute Gasteiger partial charge is 0.274 e. The van der Waals surface area contributed by atoms with E-state index in [0.717, 1.165) is 50.2 Å². The summed E-state index contributed by atoms with van der Waals surface area (Å²) in [5.74, 6) is 0.466. The molecule has 2 atom stereocenters. The summed E-state index contributed by atoms with van der Waals surface area (Å²) in [4.78, 5) is 17.5. The molecule has 5 heterocycles. The fourth-order valence-corrected chi connectivity index (χ4v) is 4.81. The Bertz CT molecular complexity index is 843. The van der Waals surface area contributed by atoms with Gasteiger partial charge in [-0.1, -0.05) is 5.16 Å². The maximum Gasteiger partial charge on any atom is 0.274 e. The molecular weight excluding hydrogens is 344 g/mol. The van der Waals surface area contributed by atoms with Gasteiger partial charge in [0.1, 0.15) is 0 Å². The summed E-state index contributed by atoms with van der Waals surface area (Å²) in [7, 11) is 1.76. The topological polar surface area (TPSA) is 70.8 Å². The lowest BCUT2D eigenvalue weighted by Gasteiger charge is -2.44. The molecule has 1 amide bonds. The van der Waals surface area contributed by atoms with Crippen LogP contribution in [0.25, 0.3) is 11.0 Å². The summed E-state index contributed by atoms with van der Waals surface area (Å²) < 4.78 is 10.9. The average Bonchev–Trinajstić information content (AvgIpc) is 3.35. The fourth-order valence-electron chi connectivity index (χ4n) is 4.81. The van der Waals surface area contributed by atoms with Crippen LogP contribution in [0.15, 0.2) is 22.7 Å².